The minimum absolute atomic E-state index is 0.0206. The van der Waals surface area contributed by atoms with E-state index in [1.165, 1.54) is 18.2 Å². The lowest BCUT2D eigenvalue weighted by Gasteiger charge is -2.09. The highest BCUT2D eigenvalue weighted by Gasteiger charge is 2.11. The summed E-state index contributed by atoms with van der Waals surface area (Å²) in [6.07, 6.45) is 1.49. The lowest BCUT2D eigenvalue weighted by atomic mass is 10.1. The van der Waals surface area contributed by atoms with Crippen molar-refractivity contribution in [3.05, 3.63) is 102 Å². The normalized spacial score (nSPS) is 10.9. The number of non-ortho nitro benzene ring substituents is 1. The summed E-state index contributed by atoms with van der Waals surface area (Å²) in [5.41, 5.74) is 2.81. The largest absolute Gasteiger partial charge is 0.488 e. The molecular weight excluding hydrogens is 557 g/mol. The summed E-state index contributed by atoms with van der Waals surface area (Å²) in [5.74, 6) is 0.0780. The number of hydrogen-bond acceptors (Lipinski definition) is 5. The van der Waals surface area contributed by atoms with Gasteiger partial charge in [-0.2, -0.15) is 5.26 Å². The fourth-order valence-corrected chi connectivity index (χ4v) is 3.66. The number of nitriles is 1. The molecule has 0 bridgehead atoms. The average Bonchev–Trinajstić information content (AvgIpc) is 2.79. The molecule has 0 atom stereocenters. The molecule has 0 radical (unpaired) electrons. The molecule has 1 N–H and O–H groups in total. The molecule has 0 aliphatic heterocycles. The summed E-state index contributed by atoms with van der Waals surface area (Å²) in [6, 6.07) is 18.5. The van der Waals surface area contributed by atoms with Crippen molar-refractivity contribution in [2.75, 3.05) is 5.32 Å². The smallest absolute Gasteiger partial charge is 0.269 e. The SMILES string of the molecule is Cc1ccc(NC(=O)/C(C#N)=C\c2ccc(OCc3ccc([N+](=O)[O-])cc3)c(I)c2)cc1Cl. The van der Waals surface area contributed by atoms with Crippen LogP contribution in [0, 0.1) is 31.9 Å². The third-order valence-corrected chi connectivity index (χ3v) is 5.85. The topological polar surface area (TPSA) is 105 Å². The summed E-state index contributed by atoms with van der Waals surface area (Å²) in [7, 11) is 0. The summed E-state index contributed by atoms with van der Waals surface area (Å²) >= 11 is 8.19. The van der Waals surface area contributed by atoms with E-state index in [0.717, 1.165) is 14.7 Å². The summed E-state index contributed by atoms with van der Waals surface area (Å²) in [4.78, 5) is 22.8. The highest BCUT2D eigenvalue weighted by atomic mass is 127. The lowest BCUT2D eigenvalue weighted by molar-refractivity contribution is -0.384. The van der Waals surface area contributed by atoms with Crippen molar-refractivity contribution in [3.63, 3.8) is 0 Å². The van der Waals surface area contributed by atoms with Gasteiger partial charge in [-0.1, -0.05) is 23.7 Å². The van der Waals surface area contributed by atoms with Crippen molar-refractivity contribution in [3.8, 4) is 11.8 Å². The average molecular weight is 574 g/mol. The van der Waals surface area contributed by atoms with Gasteiger partial charge in [-0.25, -0.2) is 0 Å². The van der Waals surface area contributed by atoms with Crippen LogP contribution in [0.2, 0.25) is 5.02 Å². The number of rotatable bonds is 7. The maximum atomic E-state index is 12.5. The van der Waals surface area contributed by atoms with Crippen LogP contribution < -0.4 is 10.1 Å². The number of amides is 1. The van der Waals surface area contributed by atoms with Gasteiger partial charge in [0.1, 0.15) is 24.0 Å². The Hall–Kier alpha value is -3.42. The first kappa shape index (κ1) is 24.2. The Morgan fingerprint density at radius 1 is 1.21 bits per heavy atom. The van der Waals surface area contributed by atoms with Crippen LogP contribution in [0.3, 0.4) is 0 Å². The van der Waals surface area contributed by atoms with Gasteiger partial charge in [-0.15, -0.1) is 0 Å². The van der Waals surface area contributed by atoms with Gasteiger partial charge in [0.25, 0.3) is 11.6 Å². The number of carbonyl (C=O) groups is 1. The van der Waals surface area contributed by atoms with E-state index in [4.69, 9.17) is 16.3 Å². The molecule has 0 saturated carbocycles. The van der Waals surface area contributed by atoms with E-state index in [1.807, 2.05) is 13.0 Å². The third-order valence-electron chi connectivity index (χ3n) is 4.60. The van der Waals surface area contributed by atoms with Gasteiger partial charge in [-0.3, -0.25) is 14.9 Å². The lowest BCUT2D eigenvalue weighted by Crippen LogP contribution is -2.13. The van der Waals surface area contributed by atoms with Crippen LogP contribution in [-0.4, -0.2) is 10.8 Å². The molecule has 33 heavy (non-hydrogen) atoms. The van der Waals surface area contributed by atoms with Gasteiger partial charge < -0.3 is 10.1 Å². The first-order chi connectivity index (χ1) is 15.8. The van der Waals surface area contributed by atoms with E-state index in [2.05, 4.69) is 27.9 Å². The minimum atomic E-state index is -0.536. The number of nitrogens with zero attached hydrogens (tertiary/aromatic N) is 2. The van der Waals surface area contributed by atoms with Crippen molar-refractivity contribution in [2.24, 2.45) is 0 Å². The molecular formula is C24H17ClIN3O4. The van der Waals surface area contributed by atoms with E-state index < -0.39 is 10.8 Å². The van der Waals surface area contributed by atoms with Crippen molar-refractivity contribution in [1.82, 2.24) is 0 Å². The zero-order valence-electron chi connectivity index (χ0n) is 17.3. The molecule has 3 aromatic carbocycles. The van der Waals surface area contributed by atoms with Crippen molar-refractivity contribution >= 4 is 57.5 Å². The molecule has 3 aromatic rings. The van der Waals surface area contributed by atoms with E-state index in [0.29, 0.717) is 22.0 Å². The zero-order chi connectivity index (χ0) is 24.0. The monoisotopic (exact) mass is 573 g/mol. The Labute approximate surface area is 208 Å². The molecule has 0 aromatic heterocycles. The van der Waals surface area contributed by atoms with E-state index in [9.17, 15) is 20.2 Å². The number of anilines is 1. The summed E-state index contributed by atoms with van der Waals surface area (Å²) < 4.78 is 6.59. The van der Waals surface area contributed by atoms with Crippen molar-refractivity contribution in [2.45, 2.75) is 13.5 Å². The molecule has 0 fully saturated rings. The fraction of sp³-hybridized carbons (Fsp3) is 0.0833. The molecule has 0 heterocycles. The number of halogens is 2. The molecule has 7 nitrogen and oxygen atoms in total. The number of nitro benzene ring substituents is 1. The van der Waals surface area contributed by atoms with Crippen LogP contribution in [0.1, 0.15) is 16.7 Å². The second-order valence-electron chi connectivity index (χ2n) is 6.99. The first-order valence-electron chi connectivity index (χ1n) is 9.62. The summed E-state index contributed by atoms with van der Waals surface area (Å²) in [5, 5.41) is 23.4. The predicted octanol–water partition coefficient (Wildman–Crippen LogP) is 6.29. The molecule has 1 amide bonds. The quantitative estimate of drug-likeness (QED) is 0.118. The summed E-state index contributed by atoms with van der Waals surface area (Å²) in [6.45, 7) is 2.10. The van der Waals surface area contributed by atoms with Gasteiger partial charge in [0.15, 0.2) is 0 Å². The molecule has 166 valence electrons. The van der Waals surface area contributed by atoms with Gasteiger partial charge in [0, 0.05) is 22.8 Å². The van der Waals surface area contributed by atoms with Crippen LogP contribution in [0.15, 0.2) is 66.2 Å². The molecule has 0 spiro atoms. The minimum Gasteiger partial charge on any atom is -0.488 e. The van der Waals surface area contributed by atoms with Crippen LogP contribution in [0.4, 0.5) is 11.4 Å². The second-order valence-corrected chi connectivity index (χ2v) is 8.56. The predicted molar refractivity (Wildman–Crippen MR) is 135 cm³/mol. The van der Waals surface area contributed by atoms with Gasteiger partial charge in [0.2, 0.25) is 0 Å². The number of ether oxygens (including phenoxy) is 1. The first-order valence-corrected chi connectivity index (χ1v) is 11.1. The molecule has 0 aliphatic rings. The highest BCUT2D eigenvalue weighted by Crippen LogP contribution is 2.25. The van der Waals surface area contributed by atoms with E-state index in [-0.39, 0.29) is 17.9 Å². The Kier molecular flexibility index (Phi) is 8.03. The number of hydrogen-bond donors (Lipinski definition) is 1. The Balaban J connectivity index is 1.69. The van der Waals surface area contributed by atoms with E-state index >= 15 is 0 Å². The van der Waals surface area contributed by atoms with Crippen LogP contribution in [-0.2, 0) is 11.4 Å². The van der Waals surface area contributed by atoms with Crippen LogP contribution in [0.5, 0.6) is 5.75 Å². The second kappa shape index (κ2) is 10.9. The van der Waals surface area contributed by atoms with Crippen molar-refractivity contribution in [1.29, 1.82) is 5.26 Å². The van der Waals surface area contributed by atoms with Gasteiger partial charge in [0.05, 0.1) is 8.49 Å². The Bertz CT molecular complexity index is 1280. The number of nitrogens with one attached hydrogen (secondary N) is 1. The molecule has 0 unspecified atom stereocenters. The zero-order valence-corrected chi connectivity index (χ0v) is 20.3. The third kappa shape index (κ3) is 6.54. The maximum absolute atomic E-state index is 12.5. The Morgan fingerprint density at radius 3 is 2.55 bits per heavy atom. The van der Waals surface area contributed by atoms with Crippen LogP contribution in [0.25, 0.3) is 6.08 Å². The van der Waals surface area contributed by atoms with Gasteiger partial charge in [-0.05, 0) is 88.7 Å². The number of benzene rings is 3. The fourth-order valence-electron chi connectivity index (χ4n) is 2.78. The highest BCUT2D eigenvalue weighted by molar-refractivity contribution is 14.1. The molecule has 0 aliphatic carbocycles. The molecule has 9 heteroatoms. The molecule has 0 saturated heterocycles. The molecule has 3 rings (SSSR count). The maximum Gasteiger partial charge on any atom is 0.269 e. The van der Waals surface area contributed by atoms with Gasteiger partial charge >= 0.3 is 0 Å². The Morgan fingerprint density at radius 2 is 1.94 bits per heavy atom. The standard InChI is InChI=1S/C24H17ClIN3O4/c1-15-2-6-19(12-21(15)25)28-24(30)18(13-27)10-17-5-9-23(22(26)11-17)33-14-16-3-7-20(8-4-16)29(31)32/h2-12H,14H2,1H3,(H,28,30)/b18-10-. The van der Waals surface area contributed by atoms with Crippen LogP contribution >= 0.6 is 34.2 Å². The number of aryl methyl sites for hydroxylation is 1. The van der Waals surface area contributed by atoms with Crippen molar-refractivity contribution < 1.29 is 14.5 Å². The van der Waals surface area contributed by atoms with E-state index in [1.54, 1.807) is 48.5 Å². The number of carbonyl (C=O) groups excluding carboxylic acids is 1. The number of nitro groups is 1.